The summed E-state index contributed by atoms with van der Waals surface area (Å²) in [6.45, 7) is 7.25. The van der Waals surface area contributed by atoms with Gasteiger partial charge in [-0.2, -0.15) is 0 Å². The van der Waals surface area contributed by atoms with E-state index in [1.165, 1.54) is 12.1 Å². The minimum absolute atomic E-state index is 0.175. The van der Waals surface area contributed by atoms with Crippen molar-refractivity contribution in [2.45, 2.75) is 25.5 Å². The number of aliphatic hydroxyl groups is 1. The third-order valence-electron chi connectivity index (χ3n) is 4.81. The number of benzene rings is 1. The van der Waals surface area contributed by atoms with Crippen molar-refractivity contribution in [2.24, 2.45) is 0 Å². The quantitative estimate of drug-likeness (QED) is 0.898. The van der Waals surface area contributed by atoms with Crippen LogP contribution in [0.2, 0.25) is 0 Å². The van der Waals surface area contributed by atoms with Crippen molar-refractivity contribution < 1.29 is 9.50 Å². The molecule has 3 rings (SSSR count). The van der Waals surface area contributed by atoms with Gasteiger partial charge in [0.2, 0.25) is 0 Å². The zero-order valence-corrected chi connectivity index (χ0v) is 13.1. The van der Waals surface area contributed by atoms with E-state index in [4.69, 9.17) is 0 Å². The molecule has 1 atom stereocenters. The number of hydrogen-bond acceptors (Lipinski definition) is 4. The van der Waals surface area contributed by atoms with Crippen LogP contribution in [0.1, 0.15) is 19.3 Å². The first kappa shape index (κ1) is 15.7. The summed E-state index contributed by atoms with van der Waals surface area (Å²) in [5, 5.41) is 9.79. The topological polar surface area (TPSA) is 30.0 Å². The minimum Gasteiger partial charge on any atom is -0.378 e. The Hall–Kier alpha value is -1.17. The van der Waals surface area contributed by atoms with E-state index in [1.807, 2.05) is 12.1 Å². The Morgan fingerprint density at radius 2 is 1.73 bits per heavy atom. The molecule has 5 heteroatoms. The fraction of sp³-hybridized carbons (Fsp3) is 0.647. The van der Waals surface area contributed by atoms with E-state index in [0.29, 0.717) is 0 Å². The predicted molar refractivity (Wildman–Crippen MR) is 86.5 cm³/mol. The van der Waals surface area contributed by atoms with Gasteiger partial charge in [-0.1, -0.05) is 0 Å². The van der Waals surface area contributed by atoms with Crippen LogP contribution >= 0.6 is 0 Å². The summed E-state index contributed by atoms with van der Waals surface area (Å²) in [5.41, 5.74) is 1.11. The third-order valence-corrected chi connectivity index (χ3v) is 4.81. The van der Waals surface area contributed by atoms with Crippen LogP contribution in [0.15, 0.2) is 24.3 Å². The maximum absolute atomic E-state index is 13.0. The van der Waals surface area contributed by atoms with E-state index in [1.54, 1.807) is 0 Å². The molecule has 22 heavy (non-hydrogen) atoms. The number of piperazine rings is 1. The summed E-state index contributed by atoms with van der Waals surface area (Å²) in [6, 6.07) is 6.78. The van der Waals surface area contributed by atoms with Crippen molar-refractivity contribution >= 4 is 5.69 Å². The van der Waals surface area contributed by atoms with E-state index in [-0.39, 0.29) is 12.0 Å². The van der Waals surface area contributed by atoms with Crippen molar-refractivity contribution in [3.05, 3.63) is 30.1 Å². The number of anilines is 1. The number of aliphatic hydroxyl groups excluding tert-OH is 1. The molecule has 0 spiro atoms. The maximum Gasteiger partial charge on any atom is 0.123 e. The number of halogens is 1. The Bertz CT molecular complexity index is 459. The summed E-state index contributed by atoms with van der Waals surface area (Å²) < 4.78 is 13.0. The van der Waals surface area contributed by atoms with Crippen LogP contribution in [0.25, 0.3) is 0 Å². The fourth-order valence-electron chi connectivity index (χ4n) is 3.45. The van der Waals surface area contributed by atoms with Crippen molar-refractivity contribution in [1.82, 2.24) is 9.80 Å². The second kappa shape index (κ2) is 7.40. The number of hydrogen-bond donors (Lipinski definition) is 1. The molecule has 4 nitrogen and oxygen atoms in total. The first-order valence-electron chi connectivity index (χ1n) is 8.37. The molecule has 2 heterocycles. The fourth-order valence-corrected chi connectivity index (χ4v) is 3.45. The molecule has 2 aliphatic rings. The van der Waals surface area contributed by atoms with Gasteiger partial charge >= 0.3 is 0 Å². The molecule has 0 aromatic heterocycles. The average Bonchev–Trinajstić information content (AvgIpc) is 2.94. The highest BCUT2D eigenvalue weighted by Gasteiger charge is 2.22. The molecule has 0 amide bonds. The highest BCUT2D eigenvalue weighted by atomic mass is 19.1. The first-order valence-corrected chi connectivity index (χ1v) is 8.37. The molecule has 0 radical (unpaired) electrons. The smallest absolute Gasteiger partial charge is 0.123 e. The van der Waals surface area contributed by atoms with Crippen LogP contribution in [0.5, 0.6) is 0 Å². The summed E-state index contributed by atoms with van der Waals surface area (Å²) in [7, 11) is 0. The minimum atomic E-state index is -0.213. The number of nitrogens with zero attached hydrogens (tertiary/aromatic N) is 3. The van der Waals surface area contributed by atoms with Crippen molar-refractivity contribution in [1.29, 1.82) is 0 Å². The zero-order chi connectivity index (χ0) is 15.4. The van der Waals surface area contributed by atoms with Crippen molar-refractivity contribution in [2.75, 3.05) is 50.7 Å². The van der Waals surface area contributed by atoms with Gasteiger partial charge in [0.15, 0.2) is 0 Å². The van der Waals surface area contributed by atoms with Gasteiger partial charge in [0.05, 0.1) is 0 Å². The van der Waals surface area contributed by atoms with Gasteiger partial charge in [-0.25, -0.2) is 4.39 Å². The normalized spacial score (nSPS) is 24.1. The Balaban J connectivity index is 1.37. The lowest BCUT2D eigenvalue weighted by molar-refractivity contribution is 0.0356. The second-order valence-corrected chi connectivity index (χ2v) is 6.32. The largest absolute Gasteiger partial charge is 0.378 e. The van der Waals surface area contributed by atoms with E-state index >= 15 is 0 Å². The maximum atomic E-state index is 13.0. The Morgan fingerprint density at radius 3 is 2.36 bits per heavy atom. The van der Waals surface area contributed by atoms with Crippen molar-refractivity contribution in [3.8, 4) is 0 Å². The standard InChI is InChI=1S/C17H26FN3O/c18-15-4-6-16(7-5-15)20-13-11-19(12-14-20)8-2-10-21-9-1-3-17(21)22/h4-7,17,22H,1-3,8-14H2. The van der Waals surface area contributed by atoms with E-state index in [9.17, 15) is 9.50 Å². The molecular formula is C17H26FN3O. The van der Waals surface area contributed by atoms with E-state index < -0.39 is 0 Å². The van der Waals surface area contributed by atoms with Crippen LogP contribution in [0.4, 0.5) is 10.1 Å². The molecule has 1 N–H and O–H groups in total. The molecule has 1 aromatic rings. The molecule has 2 fully saturated rings. The molecule has 1 aromatic carbocycles. The van der Waals surface area contributed by atoms with Gasteiger partial charge in [0.25, 0.3) is 0 Å². The predicted octanol–water partition coefficient (Wildman–Crippen LogP) is 1.75. The molecule has 0 bridgehead atoms. The summed E-state index contributed by atoms with van der Waals surface area (Å²) >= 11 is 0. The molecule has 2 saturated heterocycles. The monoisotopic (exact) mass is 307 g/mol. The lowest BCUT2D eigenvalue weighted by Crippen LogP contribution is -2.47. The van der Waals surface area contributed by atoms with E-state index in [0.717, 1.165) is 70.8 Å². The van der Waals surface area contributed by atoms with Crippen LogP contribution in [0, 0.1) is 5.82 Å². The summed E-state index contributed by atoms with van der Waals surface area (Å²) in [6.07, 6.45) is 2.96. The molecule has 2 aliphatic heterocycles. The van der Waals surface area contributed by atoms with Crippen LogP contribution in [-0.2, 0) is 0 Å². The molecule has 122 valence electrons. The van der Waals surface area contributed by atoms with Gasteiger partial charge in [-0.05, 0) is 50.1 Å². The number of rotatable bonds is 5. The highest BCUT2D eigenvalue weighted by molar-refractivity contribution is 5.46. The lowest BCUT2D eigenvalue weighted by Gasteiger charge is -2.36. The Morgan fingerprint density at radius 1 is 1.00 bits per heavy atom. The molecular weight excluding hydrogens is 281 g/mol. The lowest BCUT2D eigenvalue weighted by atomic mass is 10.2. The first-order chi connectivity index (χ1) is 10.7. The average molecular weight is 307 g/mol. The zero-order valence-electron chi connectivity index (χ0n) is 13.1. The second-order valence-electron chi connectivity index (χ2n) is 6.32. The van der Waals surface area contributed by atoms with Gasteiger partial charge in [0.1, 0.15) is 12.0 Å². The SMILES string of the molecule is OC1CCCN1CCCN1CCN(c2ccc(F)cc2)CC1. The van der Waals surface area contributed by atoms with Crippen LogP contribution in [-0.4, -0.2) is 66.9 Å². The van der Waals surface area contributed by atoms with Crippen LogP contribution < -0.4 is 4.90 Å². The summed E-state index contributed by atoms with van der Waals surface area (Å²) in [4.78, 5) is 7.00. The molecule has 0 saturated carbocycles. The molecule has 0 aliphatic carbocycles. The van der Waals surface area contributed by atoms with E-state index in [2.05, 4.69) is 14.7 Å². The Kier molecular flexibility index (Phi) is 5.28. The summed E-state index contributed by atoms with van der Waals surface area (Å²) in [5.74, 6) is -0.175. The van der Waals surface area contributed by atoms with Gasteiger partial charge < -0.3 is 10.0 Å². The van der Waals surface area contributed by atoms with Gasteiger partial charge in [-0.3, -0.25) is 9.80 Å². The van der Waals surface area contributed by atoms with Crippen molar-refractivity contribution in [3.63, 3.8) is 0 Å². The third kappa shape index (κ3) is 3.97. The van der Waals surface area contributed by atoms with Gasteiger partial charge in [-0.15, -0.1) is 0 Å². The highest BCUT2D eigenvalue weighted by Crippen LogP contribution is 2.18. The van der Waals surface area contributed by atoms with Crippen LogP contribution in [0.3, 0.4) is 0 Å². The molecule has 1 unspecified atom stereocenters. The Labute approximate surface area is 132 Å². The van der Waals surface area contributed by atoms with Gasteiger partial charge in [0, 0.05) is 45.0 Å². The number of likely N-dealkylation sites (tertiary alicyclic amines) is 1.